The quantitative estimate of drug-likeness (QED) is 0.692. The number of hydrogen-bond acceptors (Lipinski definition) is 2. The van der Waals surface area contributed by atoms with E-state index in [4.69, 9.17) is 10.8 Å². The van der Waals surface area contributed by atoms with E-state index in [1.807, 2.05) is 0 Å². The van der Waals surface area contributed by atoms with Gasteiger partial charge in [-0.1, -0.05) is 0 Å². The summed E-state index contributed by atoms with van der Waals surface area (Å²) in [4.78, 5) is 21.0. The summed E-state index contributed by atoms with van der Waals surface area (Å²) in [5.74, 6) is -3.83. The van der Waals surface area contributed by atoms with Crippen molar-refractivity contribution in [1.29, 1.82) is 0 Å². The smallest absolute Gasteiger partial charge is 0.338 e. The number of nitrogens with one attached hydrogen (secondary N) is 1. The minimum Gasteiger partial charge on any atom is -0.478 e. The third-order valence-corrected chi connectivity index (χ3v) is 1.53. The first kappa shape index (κ1) is 10.9. The molecule has 0 bridgehead atoms. The predicted octanol–water partition coefficient (Wildman–Crippen LogP) is 1.15. The van der Waals surface area contributed by atoms with Gasteiger partial charge < -0.3 is 16.2 Å². The Morgan fingerprint density at radius 1 is 1.33 bits per heavy atom. The highest BCUT2D eigenvalue weighted by Gasteiger charge is 2.17. The molecule has 0 aromatic heterocycles. The molecule has 4 N–H and O–H groups in total. The molecule has 2 amide bonds. The van der Waals surface area contributed by atoms with Crippen LogP contribution in [-0.2, 0) is 0 Å². The first-order valence-corrected chi connectivity index (χ1v) is 3.70. The number of rotatable bonds is 2. The normalized spacial score (nSPS) is 9.73. The van der Waals surface area contributed by atoms with Gasteiger partial charge in [-0.25, -0.2) is 18.4 Å². The first-order chi connectivity index (χ1) is 6.91. The SMILES string of the molecule is NC(=O)Nc1c(F)cc(F)cc1C(=O)O. The minimum absolute atomic E-state index is 0.442. The van der Waals surface area contributed by atoms with Gasteiger partial charge in [-0.15, -0.1) is 0 Å². The zero-order valence-electron chi connectivity index (χ0n) is 7.25. The van der Waals surface area contributed by atoms with Crippen molar-refractivity contribution in [2.24, 2.45) is 5.73 Å². The van der Waals surface area contributed by atoms with E-state index in [1.165, 1.54) is 0 Å². The van der Waals surface area contributed by atoms with Crippen LogP contribution in [0.1, 0.15) is 10.4 Å². The number of urea groups is 1. The van der Waals surface area contributed by atoms with E-state index in [9.17, 15) is 18.4 Å². The summed E-state index contributed by atoms with van der Waals surface area (Å²) in [6.07, 6.45) is 0. The number of carbonyl (C=O) groups excluding carboxylic acids is 1. The van der Waals surface area contributed by atoms with Crippen LogP contribution >= 0.6 is 0 Å². The number of carbonyl (C=O) groups is 2. The van der Waals surface area contributed by atoms with Gasteiger partial charge in [0.15, 0.2) is 5.82 Å². The maximum absolute atomic E-state index is 13.1. The second-order valence-corrected chi connectivity index (χ2v) is 2.60. The number of nitrogens with two attached hydrogens (primary N) is 1. The van der Waals surface area contributed by atoms with E-state index in [0.717, 1.165) is 0 Å². The van der Waals surface area contributed by atoms with Crippen LogP contribution in [-0.4, -0.2) is 17.1 Å². The number of carboxylic acids is 1. The molecule has 0 heterocycles. The molecule has 5 nitrogen and oxygen atoms in total. The lowest BCUT2D eigenvalue weighted by molar-refractivity contribution is 0.0697. The van der Waals surface area contributed by atoms with Crippen molar-refractivity contribution < 1.29 is 23.5 Å². The summed E-state index contributed by atoms with van der Waals surface area (Å²) >= 11 is 0. The van der Waals surface area contributed by atoms with Crippen LogP contribution in [0.4, 0.5) is 19.3 Å². The standard InChI is InChI=1S/C8H6F2N2O3/c9-3-1-4(7(13)14)6(5(10)2-3)12-8(11)15/h1-2H,(H,13,14)(H3,11,12,15). The molecule has 0 saturated heterocycles. The molecule has 1 aromatic rings. The second kappa shape index (κ2) is 3.91. The molecule has 0 aliphatic rings. The Morgan fingerprint density at radius 2 is 1.93 bits per heavy atom. The average Bonchev–Trinajstić information content (AvgIpc) is 2.08. The molecular formula is C8H6F2N2O3. The topological polar surface area (TPSA) is 92.4 Å². The van der Waals surface area contributed by atoms with E-state index in [0.29, 0.717) is 12.1 Å². The molecular weight excluding hydrogens is 210 g/mol. The highest BCUT2D eigenvalue weighted by molar-refractivity contribution is 5.99. The van der Waals surface area contributed by atoms with Crippen molar-refractivity contribution in [2.75, 3.05) is 5.32 Å². The van der Waals surface area contributed by atoms with Gasteiger partial charge in [-0.2, -0.15) is 0 Å². The molecule has 15 heavy (non-hydrogen) atoms. The van der Waals surface area contributed by atoms with Crippen molar-refractivity contribution in [1.82, 2.24) is 0 Å². The highest BCUT2D eigenvalue weighted by Crippen LogP contribution is 2.21. The summed E-state index contributed by atoms with van der Waals surface area (Å²) in [6.45, 7) is 0. The van der Waals surface area contributed by atoms with Gasteiger partial charge in [0.05, 0.1) is 11.3 Å². The second-order valence-electron chi connectivity index (χ2n) is 2.60. The Labute approximate surface area is 82.5 Å². The number of halogens is 2. The number of aromatic carboxylic acids is 1. The maximum atomic E-state index is 13.1. The predicted molar refractivity (Wildman–Crippen MR) is 46.5 cm³/mol. The molecule has 0 spiro atoms. The lowest BCUT2D eigenvalue weighted by Gasteiger charge is -2.07. The molecule has 0 unspecified atom stereocenters. The average molecular weight is 216 g/mol. The third-order valence-electron chi connectivity index (χ3n) is 1.53. The van der Waals surface area contributed by atoms with E-state index in [-0.39, 0.29) is 0 Å². The van der Waals surface area contributed by atoms with Crippen LogP contribution in [0.3, 0.4) is 0 Å². The third kappa shape index (κ3) is 2.39. The summed E-state index contributed by atoms with van der Waals surface area (Å²) in [5.41, 5.74) is 3.34. The highest BCUT2D eigenvalue weighted by atomic mass is 19.1. The van der Waals surface area contributed by atoms with E-state index >= 15 is 0 Å². The molecule has 0 radical (unpaired) electrons. The van der Waals surface area contributed by atoms with Crippen molar-refractivity contribution >= 4 is 17.7 Å². The van der Waals surface area contributed by atoms with Gasteiger partial charge in [0, 0.05) is 6.07 Å². The lowest BCUT2D eigenvalue weighted by Crippen LogP contribution is -2.22. The van der Waals surface area contributed by atoms with E-state index in [2.05, 4.69) is 0 Å². The molecule has 0 saturated carbocycles. The Kier molecular flexibility index (Phi) is 2.84. The lowest BCUT2D eigenvalue weighted by atomic mass is 10.1. The fourth-order valence-electron chi connectivity index (χ4n) is 0.993. The van der Waals surface area contributed by atoms with Crippen molar-refractivity contribution in [3.8, 4) is 0 Å². The summed E-state index contributed by atoms with van der Waals surface area (Å²) in [6, 6.07) is -0.114. The Morgan fingerprint density at radius 3 is 2.40 bits per heavy atom. The monoisotopic (exact) mass is 216 g/mol. The molecule has 1 aromatic carbocycles. The van der Waals surface area contributed by atoms with Gasteiger partial charge >= 0.3 is 12.0 Å². The van der Waals surface area contributed by atoms with Gasteiger partial charge in [-0.05, 0) is 6.07 Å². The van der Waals surface area contributed by atoms with Crippen molar-refractivity contribution in [3.63, 3.8) is 0 Å². The maximum Gasteiger partial charge on any atom is 0.338 e. The van der Waals surface area contributed by atoms with Crippen molar-refractivity contribution in [3.05, 3.63) is 29.3 Å². The Balaban J connectivity index is 3.33. The summed E-state index contributed by atoms with van der Waals surface area (Å²) in [5, 5.41) is 10.4. The van der Waals surface area contributed by atoms with Crippen LogP contribution in [0.15, 0.2) is 12.1 Å². The number of benzene rings is 1. The molecule has 1 rings (SSSR count). The number of anilines is 1. The van der Waals surface area contributed by atoms with Gasteiger partial charge in [-0.3, -0.25) is 0 Å². The summed E-state index contributed by atoms with van der Waals surface area (Å²) < 4.78 is 25.7. The van der Waals surface area contributed by atoms with Crippen LogP contribution in [0, 0.1) is 11.6 Å². The van der Waals surface area contributed by atoms with Crippen molar-refractivity contribution in [2.45, 2.75) is 0 Å². The van der Waals surface area contributed by atoms with Gasteiger partial charge in [0.2, 0.25) is 0 Å². The number of primary amides is 1. The van der Waals surface area contributed by atoms with Crippen LogP contribution in [0.5, 0.6) is 0 Å². The minimum atomic E-state index is -1.57. The Hall–Kier alpha value is -2.18. The van der Waals surface area contributed by atoms with Crippen LogP contribution < -0.4 is 11.1 Å². The molecule has 0 aliphatic heterocycles. The molecule has 0 fully saturated rings. The molecule has 0 aliphatic carbocycles. The zero-order valence-corrected chi connectivity index (χ0v) is 7.25. The fourth-order valence-corrected chi connectivity index (χ4v) is 0.993. The number of amides is 2. The number of hydrogen-bond donors (Lipinski definition) is 3. The van der Waals surface area contributed by atoms with E-state index in [1.54, 1.807) is 5.32 Å². The first-order valence-electron chi connectivity index (χ1n) is 3.70. The zero-order chi connectivity index (χ0) is 11.6. The van der Waals surface area contributed by atoms with E-state index < -0.39 is 34.9 Å². The van der Waals surface area contributed by atoms with Crippen LogP contribution in [0.25, 0.3) is 0 Å². The van der Waals surface area contributed by atoms with Crippen LogP contribution in [0.2, 0.25) is 0 Å². The van der Waals surface area contributed by atoms with Gasteiger partial charge in [0.1, 0.15) is 5.82 Å². The summed E-state index contributed by atoms with van der Waals surface area (Å²) in [7, 11) is 0. The molecule has 7 heteroatoms. The fraction of sp³-hybridized carbons (Fsp3) is 0. The van der Waals surface area contributed by atoms with Gasteiger partial charge in [0.25, 0.3) is 0 Å². The Bertz CT molecular complexity index is 434. The molecule has 80 valence electrons. The largest absolute Gasteiger partial charge is 0.478 e. The number of carboxylic acid groups (broad SMARTS) is 1. The molecule has 0 atom stereocenters.